The van der Waals surface area contributed by atoms with Crippen LogP contribution >= 0.6 is 15.9 Å². The van der Waals surface area contributed by atoms with Crippen molar-refractivity contribution in [3.63, 3.8) is 0 Å². The fourth-order valence-corrected chi connectivity index (χ4v) is 3.19. The third-order valence-corrected chi connectivity index (χ3v) is 4.02. The van der Waals surface area contributed by atoms with Crippen LogP contribution in [0.1, 0.15) is 11.3 Å². The molecule has 0 spiro atoms. The van der Waals surface area contributed by atoms with Gasteiger partial charge in [0.2, 0.25) is 0 Å². The van der Waals surface area contributed by atoms with Crippen LogP contribution in [0.5, 0.6) is 0 Å². The number of H-pyrrole nitrogens is 1. The van der Waals surface area contributed by atoms with Crippen molar-refractivity contribution in [2.24, 2.45) is 0 Å². The zero-order chi connectivity index (χ0) is 10.3. The maximum Gasteiger partial charge on any atom is 0.256 e. The van der Waals surface area contributed by atoms with Crippen LogP contribution < -0.4 is 5.56 Å². The number of hydrogen-bond donors (Lipinski definition) is 1. The quantitative estimate of drug-likeness (QED) is 0.678. The summed E-state index contributed by atoms with van der Waals surface area (Å²) in [6.07, 6.45) is 0.320. The molecular formula is C7H7BrN2O3S. The van der Waals surface area contributed by atoms with E-state index in [1.54, 1.807) is 0 Å². The molecule has 14 heavy (non-hydrogen) atoms. The molecule has 0 radical (unpaired) electrons. The Morgan fingerprint density at radius 3 is 2.86 bits per heavy atom. The minimum Gasteiger partial charge on any atom is -0.301 e. The lowest BCUT2D eigenvalue weighted by Crippen LogP contribution is -2.28. The van der Waals surface area contributed by atoms with Crippen molar-refractivity contribution in [2.45, 2.75) is 12.2 Å². The van der Waals surface area contributed by atoms with Gasteiger partial charge in [-0.1, -0.05) is 0 Å². The second-order valence-corrected chi connectivity index (χ2v) is 6.06. The largest absolute Gasteiger partial charge is 0.301 e. The number of nitrogens with zero attached hydrogens (tertiary/aromatic N) is 1. The number of aromatic nitrogens is 2. The Balaban J connectivity index is 2.64. The summed E-state index contributed by atoms with van der Waals surface area (Å²) in [4.78, 5) is 17.8. The first kappa shape index (κ1) is 9.85. The molecule has 0 aliphatic carbocycles. The van der Waals surface area contributed by atoms with Gasteiger partial charge in [-0.15, -0.1) is 0 Å². The molecule has 1 aliphatic rings. The van der Waals surface area contributed by atoms with Crippen LogP contribution in [0.15, 0.2) is 9.53 Å². The number of fused-ring (bicyclic) bond motifs is 1. The normalized spacial score (nSPS) is 18.9. The van der Waals surface area contributed by atoms with E-state index >= 15 is 0 Å². The summed E-state index contributed by atoms with van der Waals surface area (Å²) >= 11 is 3.05. The highest BCUT2D eigenvalue weighted by Gasteiger charge is 2.25. The van der Waals surface area contributed by atoms with Crippen LogP contribution in [0.4, 0.5) is 0 Å². The maximum absolute atomic E-state index is 11.4. The van der Waals surface area contributed by atoms with Crippen molar-refractivity contribution in [2.75, 3.05) is 5.75 Å². The smallest absolute Gasteiger partial charge is 0.256 e. The predicted molar refractivity (Wildman–Crippen MR) is 53.8 cm³/mol. The van der Waals surface area contributed by atoms with Crippen LogP contribution in [0.25, 0.3) is 0 Å². The predicted octanol–water partition coefficient (Wildman–Crippen LogP) is 0.00330. The van der Waals surface area contributed by atoms with Gasteiger partial charge in [-0.25, -0.2) is 13.4 Å². The number of nitrogens with one attached hydrogen (secondary N) is 1. The van der Waals surface area contributed by atoms with Crippen LogP contribution in [0.2, 0.25) is 0 Å². The molecule has 1 aromatic rings. The van der Waals surface area contributed by atoms with Crippen LogP contribution in [-0.4, -0.2) is 24.1 Å². The van der Waals surface area contributed by atoms with E-state index in [0.29, 0.717) is 16.8 Å². The maximum atomic E-state index is 11.4. The minimum atomic E-state index is -3.11. The first-order chi connectivity index (χ1) is 6.48. The van der Waals surface area contributed by atoms with Gasteiger partial charge in [-0.05, 0) is 15.9 Å². The average Bonchev–Trinajstić information content (AvgIpc) is 2.06. The summed E-state index contributed by atoms with van der Waals surface area (Å²) in [6.45, 7) is 0. The lowest BCUT2D eigenvalue weighted by atomic mass is 10.2. The van der Waals surface area contributed by atoms with Crippen molar-refractivity contribution in [1.29, 1.82) is 0 Å². The van der Waals surface area contributed by atoms with E-state index < -0.39 is 9.84 Å². The molecule has 1 aromatic heterocycles. The Morgan fingerprint density at radius 2 is 2.14 bits per heavy atom. The first-order valence-electron chi connectivity index (χ1n) is 3.96. The first-order valence-corrected chi connectivity index (χ1v) is 6.57. The second-order valence-electron chi connectivity index (χ2n) is 3.12. The Kier molecular flexibility index (Phi) is 2.23. The van der Waals surface area contributed by atoms with Crippen molar-refractivity contribution < 1.29 is 8.42 Å². The molecule has 5 nitrogen and oxygen atoms in total. The van der Waals surface area contributed by atoms with E-state index in [2.05, 4.69) is 25.9 Å². The molecule has 0 amide bonds. The summed E-state index contributed by atoms with van der Waals surface area (Å²) in [5.41, 5.74) is 0.486. The minimum absolute atomic E-state index is 0.0723. The van der Waals surface area contributed by atoms with Gasteiger partial charge in [0.25, 0.3) is 5.56 Å². The van der Waals surface area contributed by atoms with Gasteiger partial charge in [0.05, 0.1) is 22.8 Å². The number of aryl methyl sites for hydroxylation is 1. The van der Waals surface area contributed by atoms with E-state index in [0.717, 1.165) is 0 Å². The lowest BCUT2D eigenvalue weighted by Gasteiger charge is -2.13. The molecule has 0 saturated carbocycles. The highest BCUT2D eigenvalue weighted by atomic mass is 79.9. The van der Waals surface area contributed by atoms with Gasteiger partial charge in [0, 0.05) is 6.42 Å². The lowest BCUT2D eigenvalue weighted by molar-refractivity contribution is 0.589. The van der Waals surface area contributed by atoms with Crippen molar-refractivity contribution in [3.05, 3.63) is 26.3 Å². The summed E-state index contributed by atoms with van der Waals surface area (Å²) in [7, 11) is -3.11. The molecule has 0 bridgehead atoms. The van der Waals surface area contributed by atoms with Crippen molar-refractivity contribution >= 4 is 25.8 Å². The van der Waals surface area contributed by atoms with E-state index in [-0.39, 0.29) is 22.6 Å². The summed E-state index contributed by atoms with van der Waals surface area (Å²) < 4.78 is 22.9. The summed E-state index contributed by atoms with van der Waals surface area (Å²) in [5.74, 6) is -0.124. The van der Waals surface area contributed by atoms with E-state index in [1.807, 2.05) is 0 Å². The monoisotopic (exact) mass is 278 g/mol. The molecule has 1 aliphatic heterocycles. The Labute approximate surface area is 88.6 Å². The zero-order valence-corrected chi connectivity index (χ0v) is 9.48. The Hall–Kier alpha value is -0.690. The number of sulfone groups is 1. The van der Waals surface area contributed by atoms with Crippen molar-refractivity contribution in [3.8, 4) is 0 Å². The van der Waals surface area contributed by atoms with Crippen molar-refractivity contribution in [1.82, 2.24) is 9.97 Å². The molecule has 7 heteroatoms. The van der Waals surface area contributed by atoms with Crippen LogP contribution in [0.3, 0.4) is 0 Å². The van der Waals surface area contributed by atoms with Gasteiger partial charge in [-0.3, -0.25) is 4.79 Å². The SMILES string of the molecule is O=c1[nH]c(Br)nc2c1CS(=O)(=O)CC2. The van der Waals surface area contributed by atoms with Gasteiger partial charge in [0.15, 0.2) is 14.6 Å². The Morgan fingerprint density at radius 1 is 1.43 bits per heavy atom. The Bertz CT molecular complexity index is 534. The van der Waals surface area contributed by atoms with Gasteiger partial charge in [0.1, 0.15) is 0 Å². The topological polar surface area (TPSA) is 79.9 Å². The molecule has 0 aromatic carbocycles. The zero-order valence-electron chi connectivity index (χ0n) is 7.08. The van der Waals surface area contributed by atoms with Gasteiger partial charge >= 0.3 is 0 Å². The standard InChI is InChI=1S/C7H7BrN2O3S/c8-7-9-5-1-2-14(12,13)3-4(5)6(11)10-7/h1-3H2,(H,9,10,11). The third kappa shape index (κ3) is 1.74. The highest BCUT2D eigenvalue weighted by Crippen LogP contribution is 2.16. The van der Waals surface area contributed by atoms with Gasteiger partial charge < -0.3 is 4.98 Å². The summed E-state index contributed by atoms with van der Waals surface area (Å²) in [5, 5.41) is 0. The average molecular weight is 279 g/mol. The summed E-state index contributed by atoms with van der Waals surface area (Å²) in [6, 6.07) is 0. The molecule has 2 heterocycles. The molecule has 76 valence electrons. The molecule has 0 fully saturated rings. The molecular weight excluding hydrogens is 272 g/mol. The molecule has 0 unspecified atom stereocenters. The fraction of sp³-hybridized carbons (Fsp3) is 0.429. The number of aromatic amines is 1. The van der Waals surface area contributed by atoms with E-state index in [4.69, 9.17) is 0 Å². The second kappa shape index (κ2) is 3.16. The van der Waals surface area contributed by atoms with Crippen LogP contribution in [0, 0.1) is 0 Å². The molecule has 2 rings (SSSR count). The number of rotatable bonds is 0. The van der Waals surface area contributed by atoms with Crippen LogP contribution in [-0.2, 0) is 22.0 Å². The molecule has 0 saturated heterocycles. The number of halogens is 1. The fourth-order valence-electron chi connectivity index (χ4n) is 1.41. The third-order valence-electron chi connectivity index (χ3n) is 2.09. The van der Waals surface area contributed by atoms with Gasteiger partial charge in [-0.2, -0.15) is 0 Å². The number of hydrogen-bond acceptors (Lipinski definition) is 4. The highest BCUT2D eigenvalue weighted by molar-refractivity contribution is 9.10. The van der Waals surface area contributed by atoms with E-state index in [9.17, 15) is 13.2 Å². The molecule has 1 N–H and O–H groups in total. The molecule has 0 atom stereocenters. The van der Waals surface area contributed by atoms with E-state index in [1.165, 1.54) is 0 Å².